The topological polar surface area (TPSA) is 73.7 Å². The standard InChI is InChI=1S/C35H42ClFN6O2/c1-23-38-32-22-40(34(44)24-5-2-6-24)18-15-33(32)43(23)31-20-29-13-14-30(21-31)41(29)16-4-17-42(28-8-3-7-26(37)19-28)35(45)39-27-11-9-25(36)10-12-27/h3,7-12,19,24,29-31H,2,4-6,13-18,20-22H2,1H3,(H,39,45)/t29-,30-/m1/s1. The predicted octanol–water partition coefficient (Wildman–Crippen LogP) is 6.97. The zero-order valence-electron chi connectivity index (χ0n) is 25.9. The summed E-state index contributed by atoms with van der Waals surface area (Å²) in [7, 11) is 0. The van der Waals surface area contributed by atoms with Gasteiger partial charge in [-0.1, -0.05) is 24.1 Å². The summed E-state index contributed by atoms with van der Waals surface area (Å²) in [5, 5.41) is 3.54. The molecule has 3 aliphatic heterocycles. The summed E-state index contributed by atoms with van der Waals surface area (Å²) < 4.78 is 16.7. The van der Waals surface area contributed by atoms with Gasteiger partial charge in [0, 0.05) is 72.2 Å². The van der Waals surface area contributed by atoms with Crippen molar-refractivity contribution in [1.29, 1.82) is 0 Å². The van der Waals surface area contributed by atoms with Crippen LogP contribution in [-0.2, 0) is 17.8 Å². The average Bonchev–Trinajstić information content (AvgIpc) is 3.44. The minimum absolute atomic E-state index is 0.230. The molecule has 0 unspecified atom stereocenters. The number of aryl methyl sites for hydroxylation is 1. The molecule has 45 heavy (non-hydrogen) atoms. The van der Waals surface area contributed by atoms with Crippen molar-refractivity contribution in [1.82, 2.24) is 19.4 Å². The second-order valence-electron chi connectivity index (χ2n) is 13.2. The third-order valence-corrected chi connectivity index (χ3v) is 10.7. The Morgan fingerprint density at radius 2 is 1.80 bits per heavy atom. The van der Waals surface area contributed by atoms with E-state index in [-0.39, 0.29) is 17.8 Å². The Labute approximate surface area is 269 Å². The Balaban J connectivity index is 0.990. The molecule has 2 aromatic carbocycles. The van der Waals surface area contributed by atoms with Crippen molar-refractivity contribution in [3.05, 3.63) is 76.6 Å². The lowest BCUT2D eigenvalue weighted by atomic mass is 9.84. The molecule has 1 saturated carbocycles. The lowest BCUT2D eigenvalue weighted by Crippen LogP contribution is -2.46. The molecule has 2 saturated heterocycles. The molecule has 7 rings (SSSR count). The van der Waals surface area contributed by atoms with E-state index < -0.39 is 0 Å². The molecule has 1 aromatic heterocycles. The van der Waals surface area contributed by atoms with Crippen molar-refractivity contribution in [3.8, 4) is 0 Å². The van der Waals surface area contributed by atoms with Crippen molar-refractivity contribution in [2.45, 2.75) is 89.4 Å². The number of halogens is 2. The molecule has 0 spiro atoms. The molecule has 1 aliphatic carbocycles. The van der Waals surface area contributed by atoms with E-state index >= 15 is 0 Å². The van der Waals surface area contributed by atoms with Crippen molar-refractivity contribution in [3.63, 3.8) is 0 Å². The van der Waals surface area contributed by atoms with Crippen LogP contribution in [0.4, 0.5) is 20.6 Å². The van der Waals surface area contributed by atoms with Gasteiger partial charge in [-0.2, -0.15) is 0 Å². The summed E-state index contributed by atoms with van der Waals surface area (Å²) in [4.78, 5) is 37.6. The number of amides is 3. The Morgan fingerprint density at radius 1 is 1.04 bits per heavy atom. The second-order valence-corrected chi connectivity index (χ2v) is 13.7. The highest BCUT2D eigenvalue weighted by molar-refractivity contribution is 6.30. The molecule has 8 nitrogen and oxygen atoms in total. The van der Waals surface area contributed by atoms with Crippen LogP contribution in [0.3, 0.4) is 0 Å². The Kier molecular flexibility index (Phi) is 8.57. The molecular weight excluding hydrogens is 591 g/mol. The Morgan fingerprint density at radius 3 is 2.49 bits per heavy atom. The maximum Gasteiger partial charge on any atom is 0.326 e. The lowest BCUT2D eigenvalue weighted by molar-refractivity contribution is -0.139. The number of nitrogens with zero attached hydrogens (tertiary/aromatic N) is 5. The number of carbonyl (C=O) groups is 2. The normalized spacial score (nSPS) is 23.0. The van der Waals surface area contributed by atoms with E-state index in [1.54, 1.807) is 41.3 Å². The third-order valence-electron chi connectivity index (χ3n) is 10.5. The minimum Gasteiger partial charge on any atom is -0.336 e. The number of nitrogens with one attached hydrogen (secondary N) is 1. The number of piperidine rings is 1. The van der Waals surface area contributed by atoms with Crippen LogP contribution in [0.25, 0.3) is 0 Å². The van der Waals surface area contributed by atoms with Gasteiger partial charge in [-0.15, -0.1) is 0 Å². The number of imidazole rings is 1. The number of aromatic nitrogens is 2. The second kappa shape index (κ2) is 12.8. The number of urea groups is 1. The Hall–Kier alpha value is -3.43. The van der Waals surface area contributed by atoms with Gasteiger partial charge in [-0.25, -0.2) is 14.2 Å². The summed E-state index contributed by atoms with van der Waals surface area (Å²) >= 11 is 6.02. The zero-order chi connectivity index (χ0) is 31.1. The maximum absolute atomic E-state index is 14.2. The molecule has 10 heteroatoms. The van der Waals surface area contributed by atoms with E-state index in [0.29, 0.717) is 53.5 Å². The van der Waals surface area contributed by atoms with Crippen LogP contribution in [0.5, 0.6) is 0 Å². The smallest absolute Gasteiger partial charge is 0.326 e. The van der Waals surface area contributed by atoms with Crippen molar-refractivity contribution in [2.75, 3.05) is 29.9 Å². The van der Waals surface area contributed by atoms with E-state index in [1.165, 1.54) is 37.1 Å². The van der Waals surface area contributed by atoms with E-state index in [2.05, 4.69) is 21.7 Å². The number of hydrogen-bond donors (Lipinski definition) is 1. The van der Waals surface area contributed by atoms with Gasteiger partial charge in [0.25, 0.3) is 0 Å². The van der Waals surface area contributed by atoms with Gasteiger partial charge in [0.15, 0.2) is 0 Å². The van der Waals surface area contributed by atoms with Crippen LogP contribution in [0.15, 0.2) is 48.5 Å². The van der Waals surface area contributed by atoms with Crippen LogP contribution in [0, 0.1) is 18.7 Å². The summed E-state index contributed by atoms with van der Waals surface area (Å²) in [6.45, 7) is 4.94. The highest BCUT2D eigenvalue weighted by atomic mass is 35.5. The molecule has 0 radical (unpaired) electrons. The summed E-state index contributed by atoms with van der Waals surface area (Å²) in [5.41, 5.74) is 3.60. The largest absolute Gasteiger partial charge is 0.336 e. The number of carbonyl (C=O) groups excluding carboxylic acids is 2. The third kappa shape index (κ3) is 6.21. The minimum atomic E-state index is -0.369. The van der Waals surface area contributed by atoms with Crippen LogP contribution < -0.4 is 10.2 Å². The molecule has 3 aromatic rings. The molecular formula is C35H42ClFN6O2. The van der Waals surface area contributed by atoms with Gasteiger partial charge < -0.3 is 14.8 Å². The van der Waals surface area contributed by atoms with Crippen LogP contribution in [0.2, 0.25) is 5.02 Å². The van der Waals surface area contributed by atoms with E-state index in [4.69, 9.17) is 16.6 Å². The van der Waals surface area contributed by atoms with E-state index in [1.807, 2.05) is 4.90 Å². The quantitative estimate of drug-likeness (QED) is 0.291. The Bertz CT molecular complexity index is 1540. The number of benzene rings is 2. The summed E-state index contributed by atoms with van der Waals surface area (Å²) in [6, 6.07) is 14.3. The average molecular weight is 633 g/mol. The van der Waals surface area contributed by atoms with Crippen molar-refractivity contribution < 1.29 is 14.0 Å². The summed E-state index contributed by atoms with van der Waals surface area (Å²) in [6.07, 6.45) is 9.48. The molecule has 3 fully saturated rings. The maximum atomic E-state index is 14.2. The first-order chi connectivity index (χ1) is 21.8. The number of fused-ring (bicyclic) bond motifs is 3. The van der Waals surface area contributed by atoms with Crippen LogP contribution in [-0.4, -0.2) is 63.0 Å². The van der Waals surface area contributed by atoms with Gasteiger partial charge in [0.05, 0.1) is 12.2 Å². The van der Waals surface area contributed by atoms with Gasteiger partial charge >= 0.3 is 6.03 Å². The fraction of sp³-hybridized carbons (Fsp3) is 0.514. The van der Waals surface area contributed by atoms with Gasteiger partial charge in [-0.3, -0.25) is 14.6 Å². The molecule has 2 atom stereocenters. The highest BCUT2D eigenvalue weighted by Gasteiger charge is 2.42. The van der Waals surface area contributed by atoms with Crippen molar-refractivity contribution in [2.24, 2.45) is 5.92 Å². The van der Waals surface area contributed by atoms with Crippen LogP contribution in [0.1, 0.15) is 74.6 Å². The zero-order valence-corrected chi connectivity index (χ0v) is 26.7. The molecule has 1 N–H and O–H groups in total. The molecule has 3 amide bonds. The molecule has 2 bridgehead atoms. The van der Waals surface area contributed by atoms with Crippen molar-refractivity contribution >= 4 is 34.9 Å². The lowest BCUT2D eigenvalue weighted by Gasteiger charge is -2.41. The van der Waals surface area contributed by atoms with E-state index in [0.717, 1.165) is 63.1 Å². The first-order valence-electron chi connectivity index (χ1n) is 16.5. The summed E-state index contributed by atoms with van der Waals surface area (Å²) in [5.74, 6) is 1.26. The fourth-order valence-corrected chi connectivity index (χ4v) is 8.20. The predicted molar refractivity (Wildman–Crippen MR) is 174 cm³/mol. The van der Waals surface area contributed by atoms with Gasteiger partial charge in [-0.05, 0) is 94.3 Å². The number of rotatable bonds is 8. The van der Waals surface area contributed by atoms with Gasteiger partial charge in [0.2, 0.25) is 5.91 Å². The van der Waals surface area contributed by atoms with Gasteiger partial charge in [0.1, 0.15) is 11.6 Å². The van der Waals surface area contributed by atoms with E-state index in [9.17, 15) is 14.0 Å². The van der Waals surface area contributed by atoms with Crippen LogP contribution >= 0.6 is 11.6 Å². The number of hydrogen-bond acceptors (Lipinski definition) is 4. The number of anilines is 2. The molecule has 238 valence electrons. The first kappa shape index (κ1) is 30.2. The fourth-order valence-electron chi connectivity index (χ4n) is 8.08. The first-order valence-corrected chi connectivity index (χ1v) is 16.9. The molecule has 4 heterocycles. The monoisotopic (exact) mass is 632 g/mol. The highest BCUT2D eigenvalue weighted by Crippen LogP contribution is 2.43. The molecule has 4 aliphatic rings. The SMILES string of the molecule is Cc1nc2c(n1C1C[C@H]3CC[C@H](C1)N3CCCN(C(=O)Nc1ccc(Cl)cc1)c1cccc(F)c1)CCN(C(=O)C1CCC1)C2.